The molecule has 0 radical (unpaired) electrons. The largest absolute Gasteiger partial charge is 0.394 e. The van der Waals surface area contributed by atoms with Gasteiger partial charge in [-0.2, -0.15) is 0 Å². The SMILES string of the molecule is CC[C@]12C=CCN(Cc3ccccc3)C(=O)[C@H]1[C@H]1C(=O)N([C@@H](CO)Cc3ccccc3)C3C(=O)N(c4c(C)cccc4Cl)CC=C[C@@]31O2. The Kier molecular flexibility index (Phi) is 8.52. The Balaban J connectivity index is 1.37. The Hall–Kier alpha value is -4.24. The molecule has 3 aromatic rings. The van der Waals surface area contributed by atoms with E-state index in [9.17, 15) is 9.90 Å². The summed E-state index contributed by atoms with van der Waals surface area (Å²) in [7, 11) is 0. The molecular formula is C39H40ClN3O5. The van der Waals surface area contributed by atoms with E-state index in [-0.39, 0.29) is 30.9 Å². The van der Waals surface area contributed by atoms with Crippen LogP contribution in [0, 0.1) is 18.8 Å². The lowest BCUT2D eigenvalue weighted by molar-refractivity contribution is -0.152. The second kappa shape index (κ2) is 12.7. The van der Waals surface area contributed by atoms with Crippen molar-refractivity contribution in [3.8, 4) is 0 Å². The van der Waals surface area contributed by atoms with Crippen molar-refractivity contribution in [2.75, 3.05) is 24.6 Å². The van der Waals surface area contributed by atoms with Crippen molar-refractivity contribution < 1.29 is 24.2 Å². The third-order valence-electron chi connectivity index (χ3n) is 10.6. The van der Waals surface area contributed by atoms with Crippen LogP contribution in [0.15, 0.2) is 103 Å². The molecule has 0 aliphatic carbocycles. The lowest BCUT2D eigenvalue weighted by atomic mass is 9.73. The molecule has 2 saturated heterocycles. The van der Waals surface area contributed by atoms with Gasteiger partial charge in [-0.1, -0.05) is 116 Å². The van der Waals surface area contributed by atoms with E-state index in [4.69, 9.17) is 16.3 Å². The van der Waals surface area contributed by atoms with E-state index < -0.39 is 35.1 Å². The van der Waals surface area contributed by atoms with Crippen LogP contribution in [0.4, 0.5) is 5.69 Å². The molecule has 2 fully saturated rings. The number of amides is 3. The van der Waals surface area contributed by atoms with E-state index in [0.29, 0.717) is 36.6 Å². The number of rotatable bonds is 8. The first-order valence-corrected chi connectivity index (χ1v) is 17.0. The Morgan fingerprint density at radius 2 is 1.54 bits per heavy atom. The second-order valence-electron chi connectivity index (χ2n) is 13.3. The summed E-state index contributed by atoms with van der Waals surface area (Å²) in [5.41, 5.74) is 0.699. The van der Waals surface area contributed by atoms with Crippen LogP contribution < -0.4 is 4.90 Å². The number of hydrogen-bond acceptors (Lipinski definition) is 5. The highest BCUT2D eigenvalue weighted by Crippen LogP contribution is 2.59. The molecule has 0 bridgehead atoms. The van der Waals surface area contributed by atoms with Crippen molar-refractivity contribution in [1.29, 1.82) is 0 Å². The number of anilines is 1. The third kappa shape index (κ3) is 5.09. The lowest BCUT2D eigenvalue weighted by Gasteiger charge is -2.41. The average molecular weight is 666 g/mol. The molecule has 1 unspecified atom stereocenters. The Morgan fingerprint density at radius 1 is 0.854 bits per heavy atom. The number of benzene rings is 3. The summed E-state index contributed by atoms with van der Waals surface area (Å²) in [6, 6.07) is 23.0. The van der Waals surface area contributed by atoms with E-state index in [1.165, 1.54) is 4.90 Å². The number of nitrogens with zero attached hydrogens (tertiary/aromatic N) is 3. The van der Waals surface area contributed by atoms with E-state index in [2.05, 4.69) is 0 Å². The van der Waals surface area contributed by atoms with Gasteiger partial charge in [-0.25, -0.2) is 0 Å². The number of hydrogen-bond donors (Lipinski definition) is 1. The fraction of sp³-hybridized carbons (Fsp3) is 0.359. The van der Waals surface area contributed by atoms with Crippen LogP contribution in [-0.4, -0.2) is 75.6 Å². The zero-order chi connectivity index (χ0) is 33.6. The minimum absolute atomic E-state index is 0.186. The van der Waals surface area contributed by atoms with Crippen LogP contribution in [0.25, 0.3) is 0 Å². The van der Waals surface area contributed by atoms with E-state index in [1.54, 1.807) is 15.9 Å². The Bertz CT molecular complexity index is 1760. The van der Waals surface area contributed by atoms with Gasteiger partial charge in [0.05, 0.1) is 40.8 Å². The van der Waals surface area contributed by atoms with Crippen molar-refractivity contribution in [2.24, 2.45) is 11.8 Å². The monoisotopic (exact) mass is 665 g/mol. The number of aryl methyl sites for hydroxylation is 1. The fourth-order valence-corrected chi connectivity index (χ4v) is 8.72. The number of fused-ring (bicyclic) bond motifs is 2. The smallest absolute Gasteiger partial charge is 0.253 e. The van der Waals surface area contributed by atoms with Crippen molar-refractivity contribution in [1.82, 2.24) is 9.80 Å². The van der Waals surface area contributed by atoms with Crippen molar-refractivity contribution in [3.05, 3.63) is 125 Å². The number of halogens is 1. The van der Waals surface area contributed by atoms with Gasteiger partial charge >= 0.3 is 0 Å². The summed E-state index contributed by atoms with van der Waals surface area (Å²) in [5, 5.41) is 11.3. The van der Waals surface area contributed by atoms with Crippen molar-refractivity contribution in [2.45, 2.75) is 56.5 Å². The number of carbonyl (C=O) groups is 3. The minimum Gasteiger partial charge on any atom is -0.394 e. The summed E-state index contributed by atoms with van der Waals surface area (Å²) < 4.78 is 7.16. The minimum atomic E-state index is -1.46. The van der Waals surface area contributed by atoms with E-state index in [0.717, 1.165) is 16.7 Å². The molecular weight excluding hydrogens is 626 g/mol. The third-order valence-corrected chi connectivity index (χ3v) is 10.9. The topological polar surface area (TPSA) is 90.4 Å². The highest BCUT2D eigenvalue weighted by atomic mass is 35.5. The first kappa shape index (κ1) is 32.3. The molecule has 4 aliphatic rings. The summed E-state index contributed by atoms with van der Waals surface area (Å²) in [6.45, 7) is 4.43. The molecule has 7 rings (SSSR count). The van der Waals surface area contributed by atoms with Gasteiger partial charge in [0.1, 0.15) is 11.6 Å². The number of ether oxygens (including phenoxy) is 1. The first-order chi connectivity index (χ1) is 23.2. The molecule has 4 heterocycles. The highest BCUT2D eigenvalue weighted by Gasteiger charge is 2.76. The van der Waals surface area contributed by atoms with Gasteiger partial charge in [-0.3, -0.25) is 14.4 Å². The zero-order valence-electron chi connectivity index (χ0n) is 27.2. The molecule has 4 aliphatic heterocycles. The quantitative estimate of drug-likeness (QED) is 0.338. The number of carbonyl (C=O) groups excluding carboxylic acids is 3. The lowest BCUT2D eigenvalue weighted by Crippen LogP contribution is -2.59. The molecule has 3 amide bonds. The zero-order valence-corrected chi connectivity index (χ0v) is 27.9. The first-order valence-electron chi connectivity index (χ1n) is 16.7. The maximum Gasteiger partial charge on any atom is 0.253 e. The standard InChI is InChI=1S/C39H40ClN3O5/c1-3-38-19-11-21-41(24-28-16-8-5-9-17-28)35(45)31(38)32-36(46)43(29(25-44)23-27-14-6-4-7-15-27)34-37(47)42(22-12-20-39(32,34)48-38)33-26(2)13-10-18-30(33)40/h4-20,29,31-32,34,44H,3,21-25H2,1-2H3/t29-,31-,32+,34?,38+,39+/m1/s1. The predicted octanol–water partition coefficient (Wildman–Crippen LogP) is 5.11. The second-order valence-corrected chi connectivity index (χ2v) is 13.7. The van der Waals surface area contributed by atoms with Crippen LogP contribution in [0.3, 0.4) is 0 Å². The predicted molar refractivity (Wildman–Crippen MR) is 184 cm³/mol. The molecule has 0 saturated carbocycles. The summed E-state index contributed by atoms with van der Waals surface area (Å²) in [6.07, 6.45) is 8.35. The molecule has 9 heteroatoms. The molecule has 1 spiro atoms. The molecule has 8 nitrogen and oxygen atoms in total. The maximum absolute atomic E-state index is 15.1. The summed E-state index contributed by atoms with van der Waals surface area (Å²) in [5.74, 6) is -2.79. The van der Waals surface area contributed by atoms with Gasteiger partial charge in [-0.05, 0) is 42.5 Å². The van der Waals surface area contributed by atoms with Gasteiger partial charge in [0.25, 0.3) is 5.91 Å². The molecule has 1 N–H and O–H groups in total. The molecule has 0 aromatic heterocycles. The Labute approximate surface area is 286 Å². The normalized spacial score (nSPS) is 28.6. The average Bonchev–Trinajstić information content (AvgIpc) is 3.40. The molecule has 48 heavy (non-hydrogen) atoms. The highest BCUT2D eigenvalue weighted by molar-refractivity contribution is 6.34. The van der Waals surface area contributed by atoms with Crippen LogP contribution in [0.5, 0.6) is 0 Å². The fourth-order valence-electron chi connectivity index (χ4n) is 8.39. The number of likely N-dealkylation sites (tertiary alicyclic amines) is 1. The van der Waals surface area contributed by atoms with E-state index in [1.807, 2.05) is 111 Å². The number of aliphatic hydroxyl groups is 1. The number of para-hydroxylation sites is 1. The molecule has 3 aromatic carbocycles. The van der Waals surface area contributed by atoms with Gasteiger partial charge in [0, 0.05) is 19.6 Å². The van der Waals surface area contributed by atoms with Crippen LogP contribution in [0.1, 0.15) is 30.0 Å². The van der Waals surface area contributed by atoms with Gasteiger partial charge < -0.3 is 24.5 Å². The summed E-state index contributed by atoms with van der Waals surface area (Å²) >= 11 is 6.73. The van der Waals surface area contributed by atoms with Crippen LogP contribution in [-0.2, 0) is 32.1 Å². The maximum atomic E-state index is 15.1. The van der Waals surface area contributed by atoms with Gasteiger partial charge in [0.2, 0.25) is 11.8 Å². The molecule has 6 atom stereocenters. The van der Waals surface area contributed by atoms with E-state index >= 15 is 9.59 Å². The summed E-state index contributed by atoms with van der Waals surface area (Å²) in [4.78, 5) is 49.9. The van der Waals surface area contributed by atoms with Gasteiger partial charge in [0.15, 0.2) is 0 Å². The van der Waals surface area contributed by atoms with Crippen molar-refractivity contribution >= 4 is 35.0 Å². The van der Waals surface area contributed by atoms with Crippen LogP contribution >= 0.6 is 11.6 Å². The molecule has 248 valence electrons. The van der Waals surface area contributed by atoms with Gasteiger partial charge in [-0.15, -0.1) is 0 Å². The van der Waals surface area contributed by atoms with Crippen LogP contribution in [0.2, 0.25) is 5.02 Å². The Morgan fingerprint density at radius 3 is 2.21 bits per heavy atom. The number of aliphatic hydroxyl groups excluding tert-OH is 1. The van der Waals surface area contributed by atoms with Crippen molar-refractivity contribution in [3.63, 3.8) is 0 Å².